The van der Waals surface area contributed by atoms with Crippen LogP contribution >= 0.6 is 12.2 Å². The number of thiocarbonyl (C=S) groups is 1. The van der Waals surface area contributed by atoms with Crippen molar-refractivity contribution in [3.05, 3.63) is 53.7 Å². The molecule has 1 fully saturated rings. The van der Waals surface area contributed by atoms with Crippen molar-refractivity contribution < 1.29 is 19.0 Å². The second-order valence-electron chi connectivity index (χ2n) is 5.96. The van der Waals surface area contributed by atoms with Crippen molar-refractivity contribution in [2.75, 3.05) is 25.2 Å². The van der Waals surface area contributed by atoms with Crippen molar-refractivity contribution in [2.45, 2.75) is 6.92 Å². The quantitative estimate of drug-likeness (QED) is 0.431. The summed E-state index contributed by atoms with van der Waals surface area (Å²) in [6.07, 6.45) is 6.93. The zero-order chi connectivity index (χ0) is 20.8. The van der Waals surface area contributed by atoms with Crippen molar-refractivity contribution in [2.24, 2.45) is 0 Å². The Kier molecular flexibility index (Phi) is 6.37. The molecule has 1 N–H and O–H groups in total. The van der Waals surface area contributed by atoms with Gasteiger partial charge in [-0.1, -0.05) is 12.0 Å². The largest absolute Gasteiger partial charge is 0.494 e. The molecule has 1 heterocycles. The molecule has 148 valence electrons. The van der Waals surface area contributed by atoms with Crippen LogP contribution in [-0.4, -0.2) is 31.3 Å². The molecule has 0 saturated carbocycles. The van der Waals surface area contributed by atoms with Crippen molar-refractivity contribution in [1.82, 2.24) is 5.32 Å². The Morgan fingerprint density at radius 3 is 2.59 bits per heavy atom. The van der Waals surface area contributed by atoms with E-state index in [9.17, 15) is 4.79 Å². The molecule has 0 aromatic heterocycles. The Labute approximate surface area is 175 Å². The number of carbonyl (C=O) groups is 1. The number of rotatable bonds is 7. The zero-order valence-corrected chi connectivity index (χ0v) is 16.9. The lowest BCUT2D eigenvalue weighted by Gasteiger charge is -2.14. The van der Waals surface area contributed by atoms with Crippen LogP contribution in [-0.2, 0) is 4.79 Å². The third kappa shape index (κ3) is 4.50. The van der Waals surface area contributed by atoms with E-state index in [4.69, 9.17) is 32.9 Å². The van der Waals surface area contributed by atoms with E-state index < -0.39 is 0 Å². The maximum absolute atomic E-state index is 12.9. The van der Waals surface area contributed by atoms with Crippen LogP contribution in [0.2, 0.25) is 0 Å². The van der Waals surface area contributed by atoms with E-state index in [2.05, 4.69) is 11.2 Å². The molecule has 2 aromatic carbocycles. The van der Waals surface area contributed by atoms with Crippen molar-refractivity contribution >= 4 is 35.0 Å². The molecule has 0 atom stereocenters. The molecule has 0 unspecified atom stereocenters. The lowest BCUT2D eigenvalue weighted by molar-refractivity contribution is -0.113. The Balaban J connectivity index is 1.83. The molecule has 0 bridgehead atoms. The molecule has 3 rings (SSSR count). The van der Waals surface area contributed by atoms with Crippen molar-refractivity contribution in [1.29, 1.82) is 0 Å². The van der Waals surface area contributed by atoms with Gasteiger partial charge in [-0.25, -0.2) is 0 Å². The summed E-state index contributed by atoms with van der Waals surface area (Å²) in [6.45, 7) is 2.63. The number of anilines is 1. The fraction of sp³-hybridized carbons (Fsp3) is 0.182. The third-order valence-electron chi connectivity index (χ3n) is 4.09. The number of amides is 1. The van der Waals surface area contributed by atoms with Gasteiger partial charge in [-0.15, -0.1) is 6.42 Å². The highest BCUT2D eigenvalue weighted by molar-refractivity contribution is 7.80. The van der Waals surface area contributed by atoms with Crippen LogP contribution in [0.5, 0.6) is 17.2 Å². The Bertz CT molecular complexity index is 993. The molecule has 7 heteroatoms. The van der Waals surface area contributed by atoms with Crippen LogP contribution in [0.15, 0.2) is 48.2 Å². The van der Waals surface area contributed by atoms with E-state index in [0.29, 0.717) is 34.6 Å². The number of nitrogens with zero attached hydrogens (tertiary/aromatic N) is 1. The van der Waals surface area contributed by atoms with E-state index in [1.807, 2.05) is 6.92 Å². The van der Waals surface area contributed by atoms with E-state index in [-0.39, 0.29) is 12.5 Å². The number of hydrogen-bond donors (Lipinski definition) is 1. The van der Waals surface area contributed by atoms with Crippen LogP contribution in [0.3, 0.4) is 0 Å². The number of benzene rings is 2. The molecule has 0 radical (unpaired) electrons. The highest BCUT2D eigenvalue weighted by Crippen LogP contribution is 2.30. The Hall–Kier alpha value is -3.50. The lowest BCUT2D eigenvalue weighted by Crippen LogP contribution is -2.30. The molecule has 29 heavy (non-hydrogen) atoms. The normalized spacial score (nSPS) is 14.5. The van der Waals surface area contributed by atoms with Gasteiger partial charge in [0.1, 0.15) is 18.1 Å². The first kappa shape index (κ1) is 20.2. The number of terminal acetylenes is 1. The Morgan fingerprint density at radius 1 is 1.17 bits per heavy atom. The van der Waals surface area contributed by atoms with Gasteiger partial charge in [0, 0.05) is 0 Å². The minimum atomic E-state index is -0.245. The lowest BCUT2D eigenvalue weighted by atomic mass is 10.1. The fourth-order valence-electron chi connectivity index (χ4n) is 2.81. The maximum Gasteiger partial charge on any atom is 0.281 e. The van der Waals surface area contributed by atoms with Gasteiger partial charge in [0.2, 0.25) is 0 Å². The first-order chi connectivity index (χ1) is 14.1. The molecule has 1 aliphatic heterocycles. The van der Waals surface area contributed by atoms with Crippen LogP contribution in [0.25, 0.3) is 6.08 Å². The van der Waals surface area contributed by atoms with Gasteiger partial charge in [0.05, 0.1) is 19.4 Å². The van der Waals surface area contributed by atoms with Crippen LogP contribution < -0.4 is 24.4 Å². The third-order valence-corrected chi connectivity index (χ3v) is 4.38. The van der Waals surface area contributed by atoms with Crippen LogP contribution in [0.4, 0.5) is 5.69 Å². The summed E-state index contributed by atoms with van der Waals surface area (Å²) in [5.74, 6) is 3.95. The van der Waals surface area contributed by atoms with Crippen LogP contribution in [0, 0.1) is 12.3 Å². The van der Waals surface area contributed by atoms with Gasteiger partial charge in [0.25, 0.3) is 5.91 Å². The first-order valence-corrected chi connectivity index (χ1v) is 9.32. The van der Waals surface area contributed by atoms with Crippen LogP contribution in [0.1, 0.15) is 12.5 Å². The molecule has 0 spiro atoms. The number of nitrogens with one attached hydrogen (secondary N) is 1. The first-order valence-electron chi connectivity index (χ1n) is 8.91. The molecule has 1 aliphatic rings. The second-order valence-corrected chi connectivity index (χ2v) is 6.35. The van der Waals surface area contributed by atoms with Gasteiger partial charge >= 0.3 is 0 Å². The highest BCUT2D eigenvalue weighted by atomic mass is 32.1. The summed E-state index contributed by atoms with van der Waals surface area (Å²) in [5.41, 5.74) is 1.78. The van der Waals surface area contributed by atoms with Gasteiger partial charge in [0.15, 0.2) is 16.6 Å². The zero-order valence-electron chi connectivity index (χ0n) is 16.1. The predicted molar refractivity (Wildman–Crippen MR) is 116 cm³/mol. The van der Waals surface area contributed by atoms with Gasteiger partial charge < -0.3 is 19.5 Å². The van der Waals surface area contributed by atoms with E-state index in [1.165, 1.54) is 12.0 Å². The number of methoxy groups -OCH3 is 1. The topological polar surface area (TPSA) is 60.0 Å². The highest BCUT2D eigenvalue weighted by Gasteiger charge is 2.32. The summed E-state index contributed by atoms with van der Waals surface area (Å²) in [7, 11) is 1.54. The van der Waals surface area contributed by atoms with E-state index in [0.717, 1.165) is 11.3 Å². The number of carbonyl (C=O) groups excluding carboxylic acids is 1. The summed E-state index contributed by atoms with van der Waals surface area (Å²) in [6, 6.07) is 12.5. The summed E-state index contributed by atoms with van der Waals surface area (Å²) in [4.78, 5) is 14.3. The van der Waals surface area contributed by atoms with Gasteiger partial charge in [-0.2, -0.15) is 0 Å². The fourth-order valence-corrected chi connectivity index (χ4v) is 3.11. The van der Waals surface area contributed by atoms with Crippen molar-refractivity contribution in [3.8, 4) is 29.6 Å². The standard InChI is InChI=1S/C22H20N2O4S/c1-4-12-28-19-11-6-15(14-20(19)26-3)13-18-21(25)24(22(29)23-18)16-7-9-17(10-8-16)27-5-2/h1,6-11,13-14H,5,12H2,2-3H3,(H,23,29). The molecular weight excluding hydrogens is 388 g/mol. The van der Waals surface area contributed by atoms with Crippen molar-refractivity contribution in [3.63, 3.8) is 0 Å². The monoisotopic (exact) mass is 408 g/mol. The minimum absolute atomic E-state index is 0.141. The SMILES string of the molecule is C#CCOc1ccc(C=C2NC(=S)N(c3ccc(OCC)cc3)C2=O)cc1OC. The number of ether oxygens (including phenoxy) is 3. The molecule has 6 nitrogen and oxygen atoms in total. The smallest absolute Gasteiger partial charge is 0.281 e. The summed E-state index contributed by atoms with van der Waals surface area (Å²) in [5, 5.41) is 3.28. The van der Waals surface area contributed by atoms with E-state index >= 15 is 0 Å². The summed E-state index contributed by atoms with van der Waals surface area (Å²) < 4.78 is 16.2. The van der Waals surface area contributed by atoms with Gasteiger partial charge in [-0.05, 0) is 67.2 Å². The molecule has 0 aliphatic carbocycles. The summed E-state index contributed by atoms with van der Waals surface area (Å²) >= 11 is 5.35. The Morgan fingerprint density at radius 2 is 1.93 bits per heavy atom. The average Bonchev–Trinajstić information content (AvgIpc) is 3.00. The molecule has 2 aromatic rings. The maximum atomic E-state index is 12.9. The van der Waals surface area contributed by atoms with Gasteiger partial charge in [-0.3, -0.25) is 9.69 Å². The molecule has 1 saturated heterocycles. The molecule has 1 amide bonds. The van der Waals surface area contributed by atoms with E-state index in [1.54, 1.807) is 48.5 Å². The average molecular weight is 408 g/mol. The minimum Gasteiger partial charge on any atom is -0.494 e. The molecular formula is C22H20N2O4S. The predicted octanol–water partition coefficient (Wildman–Crippen LogP) is 3.37. The second kappa shape index (κ2) is 9.13. The number of hydrogen-bond acceptors (Lipinski definition) is 5.